The Labute approximate surface area is 115 Å². The Kier molecular flexibility index (Phi) is 4.65. The van der Waals surface area contributed by atoms with Crippen molar-refractivity contribution in [2.24, 2.45) is 0 Å². The number of anilines is 2. The molecular weight excluding hydrogens is 277 g/mol. The highest BCUT2D eigenvalue weighted by Crippen LogP contribution is 2.29. The predicted octanol–water partition coefficient (Wildman–Crippen LogP) is 3.67. The van der Waals surface area contributed by atoms with Gasteiger partial charge >= 0.3 is 0 Å². The molecule has 0 bridgehead atoms. The van der Waals surface area contributed by atoms with Gasteiger partial charge < -0.3 is 11.1 Å². The Morgan fingerprint density at radius 1 is 1.41 bits per heavy atom. The van der Waals surface area contributed by atoms with Crippen LogP contribution in [0.15, 0.2) is 6.07 Å². The number of nitrogen functional groups attached to an aromatic ring is 1. The first kappa shape index (κ1) is 13.1. The molecule has 1 aliphatic rings. The lowest BCUT2D eigenvalue weighted by atomic mass is 10.2. The molecule has 0 radical (unpaired) electrons. The van der Waals surface area contributed by atoms with Gasteiger partial charge in [-0.3, -0.25) is 0 Å². The molecule has 17 heavy (non-hydrogen) atoms. The molecule has 1 aliphatic heterocycles. The molecule has 3 nitrogen and oxygen atoms in total. The number of nitrogens with two attached hydrogens (primary N) is 1. The van der Waals surface area contributed by atoms with E-state index < -0.39 is 0 Å². The molecule has 1 fully saturated rings. The Balaban J connectivity index is 1.96. The van der Waals surface area contributed by atoms with E-state index in [1.54, 1.807) is 6.07 Å². The van der Waals surface area contributed by atoms with Crippen LogP contribution in [0.1, 0.15) is 19.3 Å². The van der Waals surface area contributed by atoms with Gasteiger partial charge in [0.2, 0.25) is 0 Å². The van der Waals surface area contributed by atoms with Crippen molar-refractivity contribution < 1.29 is 0 Å². The molecule has 0 spiro atoms. The van der Waals surface area contributed by atoms with Crippen LogP contribution in [0.5, 0.6) is 0 Å². The first-order valence-corrected chi connectivity index (χ1v) is 7.44. The number of halogens is 2. The highest BCUT2D eigenvalue weighted by atomic mass is 35.5. The fourth-order valence-electron chi connectivity index (χ4n) is 1.78. The molecule has 0 amide bonds. The smallest absolute Gasteiger partial charge is 0.147 e. The van der Waals surface area contributed by atoms with Gasteiger partial charge in [-0.05, 0) is 24.7 Å². The van der Waals surface area contributed by atoms with E-state index in [-0.39, 0.29) is 0 Å². The summed E-state index contributed by atoms with van der Waals surface area (Å²) in [6, 6.07) is 1.63. The van der Waals surface area contributed by atoms with E-state index in [2.05, 4.69) is 10.3 Å². The molecule has 2 rings (SSSR count). The number of pyridine rings is 1. The lowest BCUT2D eigenvalue weighted by molar-refractivity contribution is 0.677. The molecule has 6 heteroatoms. The molecule has 1 atom stereocenters. The third-order valence-electron chi connectivity index (χ3n) is 2.73. The zero-order valence-electron chi connectivity index (χ0n) is 9.38. The van der Waals surface area contributed by atoms with E-state index in [0.29, 0.717) is 26.9 Å². The summed E-state index contributed by atoms with van der Waals surface area (Å²) in [7, 11) is 0. The number of rotatable bonds is 3. The van der Waals surface area contributed by atoms with E-state index in [1.165, 1.54) is 25.0 Å². The van der Waals surface area contributed by atoms with Gasteiger partial charge in [0.1, 0.15) is 11.6 Å². The van der Waals surface area contributed by atoms with Crippen molar-refractivity contribution in [3.05, 3.63) is 16.1 Å². The maximum atomic E-state index is 6.05. The van der Waals surface area contributed by atoms with Crippen molar-refractivity contribution in [2.75, 3.05) is 23.3 Å². The maximum absolute atomic E-state index is 6.05. The Morgan fingerprint density at radius 2 is 2.24 bits per heavy atom. The third kappa shape index (κ3) is 3.57. The molecular formula is C11H15Cl2N3S. The Hall–Kier alpha value is -0.320. The largest absolute Gasteiger partial charge is 0.382 e. The molecule has 0 saturated carbocycles. The molecule has 0 aliphatic carbocycles. The fourth-order valence-corrected chi connectivity index (χ4v) is 3.45. The summed E-state index contributed by atoms with van der Waals surface area (Å²) in [5, 5.41) is 4.80. The predicted molar refractivity (Wildman–Crippen MR) is 77.3 cm³/mol. The molecule has 1 unspecified atom stereocenters. The minimum Gasteiger partial charge on any atom is -0.382 e. The van der Waals surface area contributed by atoms with Crippen LogP contribution in [-0.4, -0.2) is 22.5 Å². The van der Waals surface area contributed by atoms with Crippen molar-refractivity contribution >= 4 is 46.6 Å². The normalized spacial score (nSPS) is 20.2. The number of hydrogen-bond donors (Lipinski definition) is 2. The van der Waals surface area contributed by atoms with Gasteiger partial charge in [-0.2, -0.15) is 11.8 Å². The maximum Gasteiger partial charge on any atom is 0.147 e. The van der Waals surface area contributed by atoms with Crippen LogP contribution in [0.2, 0.25) is 10.0 Å². The van der Waals surface area contributed by atoms with Crippen LogP contribution in [-0.2, 0) is 0 Å². The summed E-state index contributed by atoms with van der Waals surface area (Å²) in [5.41, 5.74) is 5.65. The molecule has 2 heterocycles. The second-order valence-corrected chi connectivity index (χ2v) is 6.28. The van der Waals surface area contributed by atoms with Gasteiger partial charge in [0.15, 0.2) is 0 Å². The van der Waals surface area contributed by atoms with Crippen molar-refractivity contribution in [3.63, 3.8) is 0 Å². The van der Waals surface area contributed by atoms with Gasteiger partial charge in [-0.25, -0.2) is 4.98 Å². The number of thioether (sulfide) groups is 1. The lowest BCUT2D eigenvalue weighted by Crippen LogP contribution is -2.20. The highest BCUT2D eigenvalue weighted by molar-refractivity contribution is 7.99. The number of nitrogens with zero attached hydrogens (tertiary/aromatic N) is 1. The van der Waals surface area contributed by atoms with Gasteiger partial charge in [-0.15, -0.1) is 0 Å². The van der Waals surface area contributed by atoms with Gasteiger partial charge in [-0.1, -0.05) is 29.6 Å². The van der Waals surface area contributed by atoms with Crippen LogP contribution in [0.4, 0.5) is 11.6 Å². The zero-order chi connectivity index (χ0) is 12.3. The third-order valence-corrected chi connectivity index (χ3v) is 4.72. The number of nitrogens with one attached hydrogen (secondary N) is 1. The minimum atomic E-state index is 0.315. The van der Waals surface area contributed by atoms with Crippen LogP contribution in [0.3, 0.4) is 0 Å². The van der Waals surface area contributed by atoms with Gasteiger partial charge in [0.25, 0.3) is 0 Å². The highest BCUT2D eigenvalue weighted by Gasteiger charge is 2.15. The van der Waals surface area contributed by atoms with E-state index >= 15 is 0 Å². The summed E-state index contributed by atoms with van der Waals surface area (Å²) < 4.78 is 0. The van der Waals surface area contributed by atoms with Gasteiger partial charge in [0.05, 0.1) is 10.0 Å². The monoisotopic (exact) mass is 291 g/mol. The summed E-state index contributed by atoms with van der Waals surface area (Å²) in [5.74, 6) is 2.19. The SMILES string of the molecule is Nc1nc(NCC2CCCCS2)c(Cl)cc1Cl. The van der Waals surface area contributed by atoms with Gasteiger partial charge in [0, 0.05) is 11.8 Å². The van der Waals surface area contributed by atoms with E-state index in [1.807, 2.05) is 11.8 Å². The average molecular weight is 292 g/mol. The molecule has 94 valence electrons. The first-order chi connectivity index (χ1) is 8.16. The minimum absolute atomic E-state index is 0.315. The van der Waals surface area contributed by atoms with Crippen LogP contribution in [0, 0.1) is 0 Å². The number of hydrogen-bond acceptors (Lipinski definition) is 4. The van der Waals surface area contributed by atoms with E-state index in [9.17, 15) is 0 Å². The molecule has 1 saturated heterocycles. The van der Waals surface area contributed by atoms with Crippen molar-refractivity contribution in [1.29, 1.82) is 0 Å². The average Bonchev–Trinajstić information content (AvgIpc) is 2.33. The summed E-state index contributed by atoms with van der Waals surface area (Å²) in [6.45, 7) is 0.873. The van der Waals surface area contributed by atoms with Crippen molar-refractivity contribution in [1.82, 2.24) is 4.98 Å². The van der Waals surface area contributed by atoms with Crippen LogP contribution in [0.25, 0.3) is 0 Å². The molecule has 0 aromatic carbocycles. The first-order valence-electron chi connectivity index (χ1n) is 5.64. The van der Waals surface area contributed by atoms with Crippen LogP contribution >= 0.6 is 35.0 Å². The molecule has 1 aromatic heterocycles. The molecule has 1 aromatic rings. The topological polar surface area (TPSA) is 50.9 Å². The standard InChI is InChI=1S/C11H15Cl2N3S/c12-8-5-9(13)11(16-10(8)14)15-6-7-3-1-2-4-17-7/h5,7H,1-4,6H2,(H3,14,15,16). The fraction of sp³-hybridized carbons (Fsp3) is 0.545. The summed E-state index contributed by atoms with van der Waals surface area (Å²) in [4.78, 5) is 4.15. The number of aromatic nitrogens is 1. The Morgan fingerprint density at radius 3 is 2.94 bits per heavy atom. The quantitative estimate of drug-likeness (QED) is 0.892. The van der Waals surface area contributed by atoms with E-state index in [4.69, 9.17) is 28.9 Å². The lowest BCUT2D eigenvalue weighted by Gasteiger charge is -2.22. The second kappa shape index (κ2) is 6.03. The second-order valence-electron chi connectivity index (χ2n) is 4.06. The summed E-state index contributed by atoms with van der Waals surface area (Å²) >= 11 is 13.9. The van der Waals surface area contributed by atoms with Crippen molar-refractivity contribution in [2.45, 2.75) is 24.5 Å². The van der Waals surface area contributed by atoms with Crippen molar-refractivity contribution in [3.8, 4) is 0 Å². The molecule has 3 N–H and O–H groups in total. The van der Waals surface area contributed by atoms with Crippen LogP contribution < -0.4 is 11.1 Å². The zero-order valence-corrected chi connectivity index (χ0v) is 11.7. The summed E-state index contributed by atoms with van der Waals surface area (Å²) in [6.07, 6.45) is 3.88. The van der Waals surface area contributed by atoms with E-state index in [0.717, 1.165) is 6.54 Å². The Bertz CT molecular complexity index is 395.